The van der Waals surface area contributed by atoms with Gasteiger partial charge in [-0.2, -0.15) is 0 Å². The Labute approximate surface area is 159 Å². The molecule has 1 aliphatic heterocycles. The van der Waals surface area contributed by atoms with E-state index in [2.05, 4.69) is 28.5 Å². The predicted molar refractivity (Wildman–Crippen MR) is 106 cm³/mol. The van der Waals surface area contributed by atoms with Crippen molar-refractivity contribution in [2.24, 2.45) is 0 Å². The van der Waals surface area contributed by atoms with Crippen LogP contribution in [0.3, 0.4) is 0 Å². The van der Waals surface area contributed by atoms with Gasteiger partial charge in [0.15, 0.2) is 5.78 Å². The van der Waals surface area contributed by atoms with Crippen molar-refractivity contribution in [3.8, 4) is 16.9 Å². The topological polar surface area (TPSA) is 51.2 Å². The number of Topliss-reactive ketones (excluding diaryl/α,β-unsaturated/α-hetero) is 1. The highest BCUT2D eigenvalue weighted by molar-refractivity contribution is 5.96. The summed E-state index contributed by atoms with van der Waals surface area (Å²) in [4.78, 5) is 16.2. The zero-order valence-electron chi connectivity index (χ0n) is 15.4. The molecule has 0 amide bonds. The minimum atomic E-state index is 0.0483. The number of carbonyl (C=O) groups is 1. The monoisotopic (exact) mass is 358 g/mol. The van der Waals surface area contributed by atoms with Gasteiger partial charge in [0.25, 0.3) is 0 Å². The van der Waals surface area contributed by atoms with Crippen LogP contribution in [0, 0.1) is 0 Å². The molecule has 1 N–H and O–H groups in total. The van der Waals surface area contributed by atoms with E-state index in [1.165, 1.54) is 11.1 Å². The maximum atomic E-state index is 11.9. The summed E-state index contributed by atoms with van der Waals surface area (Å²) in [5, 5.41) is 3.42. The average Bonchev–Trinajstić information content (AvgIpc) is 2.72. The third kappa shape index (κ3) is 3.91. The van der Waals surface area contributed by atoms with Crippen molar-refractivity contribution in [2.45, 2.75) is 26.5 Å². The summed E-state index contributed by atoms with van der Waals surface area (Å²) in [7, 11) is 0. The van der Waals surface area contributed by atoms with Gasteiger partial charge in [-0.15, -0.1) is 0 Å². The van der Waals surface area contributed by atoms with Gasteiger partial charge in [-0.1, -0.05) is 18.2 Å². The highest BCUT2D eigenvalue weighted by Gasteiger charge is 2.14. The molecule has 136 valence electrons. The van der Waals surface area contributed by atoms with Gasteiger partial charge in [-0.25, -0.2) is 0 Å². The van der Waals surface area contributed by atoms with E-state index >= 15 is 0 Å². The Hall–Kier alpha value is -2.98. The second-order valence-corrected chi connectivity index (χ2v) is 6.79. The van der Waals surface area contributed by atoms with Gasteiger partial charge in [-0.05, 0) is 73.0 Å². The summed E-state index contributed by atoms with van der Waals surface area (Å²) in [6.07, 6.45) is 2.81. The molecule has 0 aliphatic carbocycles. The van der Waals surface area contributed by atoms with Crippen molar-refractivity contribution in [1.29, 1.82) is 0 Å². The van der Waals surface area contributed by atoms with E-state index in [0.717, 1.165) is 42.1 Å². The predicted octanol–water partition coefficient (Wildman–Crippen LogP) is 4.18. The summed E-state index contributed by atoms with van der Waals surface area (Å²) in [5.41, 5.74) is 6.25. The summed E-state index contributed by atoms with van der Waals surface area (Å²) in [6, 6.07) is 17.9. The number of hydrogen-bond donors (Lipinski definition) is 1. The molecule has 0 saturated carbocycles. The summed E-state index contributed by atoms with van der Waals surface area (Å²) in [6.45, 7) is 3.87. The molecule has 1 aromatic heterocycles. The third-order valence-electron chi connectivity index (χ3n) is 4.89. The number of pyridine rings is 1. The molecular formula is C23H22N2O2. The molecule has 4 nitrogen and oxygen atoms in total. The van der Waals surface area contributed by atoms with Crippen LogP contribution >= 0.6 is 0 Å². The van der Waals surface area contributed by atoms with Crippen LogP contribution in [0.4, 0.5) is 0 Å². The number of aromatic nitrogens is 1. The number of ether oxygens (including phenoxy) is 1. The maximum Gasteiger partial charge on any atom is 0.159 e. The first-order valence-corrected chi connectivity index (χ1v) is 9.21. The fourth-order valence-corrected chi connectivity index (χ4v) is 3.38. The Bertz CT molecular complexity index is 967. The highest BCUT2D eigenvalue weighted by Crippen LogP contribution is 2.33. The standard InChI is InChI=1S/C23H22N2O2/c1-16(26)18-7-8-23(27-15-21-4-2-3-10-25-21)22(13-18)19-6-5-17-9-11-24-14-20(17)12-19/h2-8,10,12-13,24H,9,11,14-15H2,1H3. The van der Waals surface area contributed by atoms with Gasteiger partial charge in [0.1, 0.15) is 12.4 Å². The van der Waals surface area contributed by atoms with Crippen LogP contribution < -0.4 is 10.1 Å². The molecule has 0 spiro atoms. The Kier molecular flexibility index (Phi) is 4.99. The molecule has 1 aliphatic rings. The van der Waals surface area contributed by atoms with E-state index in [1.54, 1.807) is 13.1 Å². The van der Waals surface area contributed by atoms with E-state index in [9.17, 15) is 4.79 Å². The lowest BCUT2D eigenvalue weighted by Crippen LogP contribution is -2.23. The molecule has 3 aromatic rings. The van der Waals surface area contributed by atoms with E-state index in [4.69, 9.17) is 4.74 Å². The average molecular weight is 358 g/mol. The summed E-state index contributed by atoms with van der Waals surface area (Å²) < 4.78 is 6.07. The first kappa shape index (κ1) is 17.4. The molecule has 2 heterocycles. The largest absolute Gasteiger partial charge is 0.487 e. The molecule has 0 radical (unpaired) electrons. The van der Waals surface area contributed by atoms with Crippen molar-refractivity contribution < 1.29 is 9.53 Å². The first-order chi connectivity index (χ1) is 13.2. The molecule has 4 rings (SSSR count). The van der Waals surface area contributed by atoms with Crippen LogP contribution in [-0.2, 0) is 19.6 Å². The molecule has 4 heteroatoms. The zero-order chi connectivity index (χ0) is 18.6. The van der Waals surface area contributed by atoms with Crippen molar-refractivity contribution in [3.05, 3.63) is 83.2 Å². The van der Waals surface area contributed by atoms with Crippen molar-refractivity contribution in [1.82, 2.24) is 10.3 Å². The molecule has 0 fully saturated rings. The van der Waals surface area contributed by atoms with E-state index in [0.29, 0.717) is 12.2 Å². The van der Waals surface area contributed by atoms with E-state index in [1.807, 2.05) is 36.4 Å². The number of hydrogen-bond acceptors (Lipinski definition) is 4. The van der Waals surface area contributed by atoms with Crippen molar-refractivity contribution in [3.63, 3.8) is 0 Å². The van der Waals surface area contributed by atoms with Crippen LogP contribution in [-0.4, -0.2) is 17.3 Å². The Morgan fingerprint density at radius 1 is 1.11 bits per heavy atom. The lowest BCUT2D eigenvalue weighted by Gasteiger charge is -2.19. The molecule has 27 heavy (non-hydrogen) atoms. The zero-order valence-corrected chi connectivity index (χ0v) is 15.4. The van der Waals surface area contributed by atoms with Gasteiger partial charge in [0, 0.05) is 23.9 Å². The van der Waals surface area contributed by atoms with Gasteiger partial charge < -0.3 is 10.1 Å². The number of rotatable bonds is 5. The number of benzene rings is 2. The maximum absolute atomic E-state index is 11.9. The number of fused-ring (bicyclic) bond motifs is 1. The lowest BCUT2D eigenvalue weighted by molar-refractivity contribution is 0.101. The second kappa shape index (κ2) is 7.72. The lowest BCUT2D eigenvalue weighted by atomic mass is 9.94. The Balaban J connectivity index is 1.70. The Morgan fingerprint density at radius 2 is 2.04 bits per heavy atom. The normalized spacial score (nSPS) is 13.1. The second-order valence-electron chi connectivity index (χ2n) is 6.79. The fraction of sp³-hybridized carbons (Fsp3) is 0.217. The van der Waals surface area contributed by atoms with Gasteiger partial charge in [-0.3, -0.25) is 9.78 Å². The van der Waals surface area contributed by atoms with Crippen molar-refractivity contribution >= 4 is 5.78 Å². The van der Waals surface area contributed by atoms with Crippen LogP contribution in [0.25, 0.3) is 11.1 Å². The van der Waals surface area contributed by atoms with E-state index < -0.39 is 0 Å². The van der Waals surface area contributed by atoms with Gasteiger partial charge in [0.05, 0.1) is 5.69 Å². The van der Waals surface area contributed by atoms with Crippen LogP contribution in [0.1, 0.15) is 34.1 Å². The van der Waals surface area contributed by atoms with E-state index in [-0.39, 0.29) is 5.78 Å². The number of nitrogens with zero attached hydrogens (tertiary/aromatic N) is 1. The smallest absolute Gasteiger partial charge is 0.159 e. The minimum Gasteiger partial charge on any atom is -0.487 e. The molecular weight excluding hydrogens is 336 g/mol. The Morgan fingerprint density at radius 3 is 2.85 bits per heavy atom. The SMILES string of the molecule is CC(=O)c1ccc(OCc2ccccn2)c(-c2ccc3c(c2)CNCC3)c1. The van der Waals surface area contributed by atoms with Gasteiger partial charge in [0.2, 0.25) is 0 Å². The quantitative estimate of drug-likeness (QED) is 0.695. The molecule has 0 bridgehead atoms. The molecule has 0 unspecified atom stereocenters. The molecule has 2 aromatic carbocycles. The minimum absolute atomic E-state index is 0.0483. The molecule has 0 saturated heterocycles. The number of nitrogens with one attached hydrogen (secondary N) is 1. The number of ketones is 1. The van der Waals surface area contributed by atoms with Crippen LogP contribution in [0.15, 0.2) is 60.8 Å². The molecule has 0 atom stereocenters. The number of carbonyl (C=O) groups excluding carboxylic acids is 1. The first-order valence-electron chi connectivity index (χ1n) is 9.21. The van der Waals surface area contributed by atoms with Crippen LogP contribution in [0.2, 0.25) is 0 Å². The van der Waals surface area contributed by atoms with Gasteiger partial charge >= 0.3 is 0 Å². The fourth-order valence-electron chi connectivity index (χ4n) is 3.38. The van der Waals surface area contributed by atoms with Crippen molar-refractivity contribution in [2.75, 3.05) is 6.54 Å². The third-order valence-corrected chi connectivity index (χ3v) is 4.89. The summed E-state index contributed by atoms with van der Waals surface area (Å²) in [5.74, 6) is 0.807. The van der Waals surface area contributed by atoms with Crippen LogP contribution in [0.5, 0.6) is 5.75 Å². The highest BCUT2D eigenvalue weighted by atomic mass is 16.5. The summed E-state index contributed by atoms with van der Waals surface area (Å²) >= 11 is 0.